The first-order valence-corrected chi connectivity index (χ1v) is 7.31. The maximum Gasteiger partial charge on any atom is 0.266 e. The molecule has 0 bridgehead atoms. The second-order valence-electron chi connectivity index (χ2n) is 5.92. The lowest BCUT2D eigenvalue weighted by molar-refractivity contribution is 0.0675. The van der Waals surface area contributed by atoms with Crippen molar-refractivity contribution in [1.29, 1.82) is 0 Å². The monoisotopic (exact) mass is 288 g/mol. The van der Waals surface area contributed by atoms with Gasteiger partial charge in [0.25, 0.3) is 5.56 Å². The van der Waals surface area contributed by atoms with Gasteiger partial charge in [0.15, 0.2) is 0 Å². The second kappa shape index (κ2) is 5.81. The molecule has 6 nitrogen and oxygen atoms in total. The fourth-order valence-corrected chi connectivity index (χ4v) is 2.55. The fraction of sp³-hybridized carbons (Fsp3) is 0.533. The molecular formula is C15H20N4O2. The Morgan fingerprint density at radius 3 is 2.90 bits per heavy atom. The topological polar surface area (TPSA) is 64.2 Å². The molecule has 112 valence electrons. The summed E-state index contributed by atoms with van der Waals surface area (Å²) in [7, 11) is 0. The van der Waals surface area contributed by atoms with Crippen LogP contribution in [0.15, 0.2) is 33.7 Å². The van der Waals surface area contributed by atoms with Gasteiger partial charge >= 0.3 is 0 Å². The van der Waals surface area contributed by atoms with Gasteiger partial charge in [-0.25, -0.2) is 9.67 Å². The number of hydrogen-bond acceptors (Lipinski definition) is 5. The highest BCUT2D eigenvalue weighted by Crippen LogP contribution is 2.21. The van der Waals surface area contributed by atoms with Gasteiger partial charge in [-0.1, -0.05) is 13.8 Å². The summed E-state index contributed by atoms with van der Waals surface area (Å²) in [4.78, 5) is 18.2. The minimum absolute atomic E-state index is 0.0368. The lowest BCUT2D eigenvalue weighted by atomic mass is 10.0. The van der Waals surface area contributed by atoms with E-state index in [0.29, 0.717) is 18.4 Å². The van der Waals surface area contributed by atoms with Crippen LogP contribution in [0.5, 0.6) is 0 Å². The van der Waals surface area contributed by atoms with Gasteiger partial charge in [0.1, 0.15) is 5.76 Å². The molecule has 0 radical (unpaired) electrons. The van der Waals surface area contributed by atoms with Gasteiger partial charge < -0.3 is 4.42 Å². The molecule has 2 aromatic heterocycles. The Balaban J connectivity index is 1.49. The SMILES string of the molecule is CC(C)c1cnc(CN2CC(Cn3ncccc3=O)C2)o1. The lowest BCUT2D eigenvalue weighted by Crippen LogP contribution is -2.48. The standard InChI is InChI=1S/C15H20N4O2/c1-11(2)13-6-16-14(21-13)10-18-7-12(8-18)9-19-15(20)4-3-5-17-19/h3-6,11-12H,7-10H2,1-2H3. The third-order valence-electron chi connectivity index (χ3n) is 3.75. The molecule has 0 spiro atoms. The van der Waals surface area contributed by atoms with E-state index in [1.54, 1.807) is 18.3 Å². The van der Waals surface area contributed by atoms with Gasteiger partial charge in [0.2, 0.25) is 5.89 Å². The van der Waals surface area contributed by atoms with E-state index in [-0.39, 0.29) is 5.56 Å². The number of oxazole rings is 1. The highest BCUT2D eigenvalue weighted by molar-refractivity contribution is 4.99. The Kier molecular flexibility index (Phi) is 3.88. The summed E-state index contributed by atoms with van der Waals surface area (Å²) in [6.45, 7) is 7.49. The van der Waals surface area contributed by atoms with Crippen LogP contribution >= 0.6 is 0 Å². The van der Waals surface area contributed by atoms with E-state index >= 15 is 0 Å². The van der Waals surface area contributed by atoms with Crippen LogP contribution in [0.1, 0.15) is 31.4 Å². The highest BCUT2D eigenvalue weighted by atomic mass is 16.4. The van der Waals surface area contributed by atoms with Gasteiger partial charge in [-0.3, -0.25) is 9.69 Å². The third kappa shape index (κ3) is 3.21. The fourth-order valence-electron chi connectivity index (χ4n) is 2.55. The summed E-state index contributed by atoms with van der Waals surface area (Å²) in [6, 6.07) is 3.21. The Labute approximate surface area is 123 Å². The molecule has 0 saturated carbocycles. The van der Waals surface area contributed by atoms with Crippen molar-refractivity contribution in [2.75, 3.05) is 13.1 Å². The van der Waals surface area contributed by atoms with Gasteiger partial charge in [-0.2, -0.15) is 5.10 Å². The van der Waals surface area contributed by atoms with E-state index in [2.05, 4.69) is 28.8 Å². The number of hydrogen-bond donors (Lipinski definition) is 0. The van der Waals surface area contributed by atoms with E-state index < -0.39 is 0 Å². The summed E-state index contributed by atoms with van der Waals surface area (Å²) < 4.78 is 7.24. The number of nitrogens with zero attached hydrogens (tertiary/aromatic N) is 4. The molecule has 3 heterocycles. The molecule has 0 aliphatic carbocycles. The summed E-state index contributed by atoms with van der Waals surface area (Å²) in [6.07, 6.45) is 3.46. The van der Waals surface area contributed by atoms with Crippen molar-refractivity contribution in [2.45, 2.75) is 32.9 Å². The average molecular weight is 288 g/mol. The van der Waals surface area contributed by atoms with Crippen LogP contribution in [-0.4, -0.2) is 32.8 Å². The third-order valence-corrected chi connectivity index (χ3v) is 3.75. The van der Waals surface area contributed by atoms with Crippen LogP contribution in [-0.2, 0) is 13.1 Å². The summed E-state index contributed by atoms with van der Waals surface area (Å²) in [5.41, 5.74) is -0.0368. The zero-order valence-corrected chi connectivity index (χ0v) is 12.4. The van der Waals surface area contributed by atoms with Gasteiger partial charge in [0, 0.05) is 37.2 Å². The Morgan fingerprint density at radius 2 is 2.24 bits per heavy atom. The predicted molar refractivity (Wildman–Crippen MR) is 77.9 cm³/mol. The van der Waals surface area contributed by atoms with E-state index in [1.165, 1.54) is 4.68 Å². The van der Waals surface area contributed by atoms with Crippen molar-refractivity contribution in [3.05, 3.63) is 46.5 Å². The van der Waals surface area contributed by atoms with Crippen molar-refractivity contribution >= 4 is 0 Å². The molecule has 1 aliphatic rings. The first-order chi connectivity index (χ1) is 10.1. The molecular weight excluding hydrogens is 268 g/mol. The van der Waals surface area contributed by atoms with E-state index in [1.807, 2.05) is 6.20 Å². The van der Waals surface area contributed by atoms with Crippen LogP contribution in [0.25, 0.3) is 0 Å². The molecule has 0 N–H and O–H groups in total. The van der Waals surface area contributed by atoms with E-state index in [4.69, 9.17) is 4.42 Å². The van der Waals surface area contributed by atoms with E-state index in [0.717, 1.165) is 31.3 Å². The van der Waals surface area contributed by atoms with Crippen molar-refractivity contribution < 1.29 is 4.42 Å². The van der Waals surface area contributed by atoms with Gasteiger partial charge in [-0.15, -0.1) is 0 Å². The van der Waals surface area contributed by atoms with Gasteiger partial charge in [-0.05, 0) is 6.07 Å². The quantitative estimate of drug-likeness (QED) is 0.834. The van der Waals surface area contributed by atoms with Crippen molar-refractivity contribution in [3.8, 4) is 0 Å². The number of likely N-dealkylation sites (tertiary alicyclic amines) is 1. The summed E-state index contributed by atoms with van der Waals surface area (Å²) in [5.74, 6) is 2.54. The Hall–Kier alpha value is -1.95. The van der Waals surface area contributed by atoms with Crippen LogP contribution < -0.4 is 5.56 Å². The minimum atomic E-state index is -0.0368. The van der Waals surface area contributed by atoms with E-state index in [9.17, 15) is 4.79 Å². The summed E-state index contributed by atoms with van der Waals surface area (Å²) in [5, 5.41) is 4.09. The number of rotatable bonds is 5. The van der Waals surface area contributed by atoms with Crippen molar-refractivity contribution in [1.82, 2.24) is 19.7 Å². The predicted octanol–water partition coefficient (Wildman–Crippen LogP) is 1.49. The Morgan fingerprint density at radius 1 is 1.43 bits per heavy atom. The molecule has 2 aromatic rings. The smallest absolute Gasteiger partial charge is 0.266 e. The normalized spacial score (nSPS) is 16.3. The first kappa shape index (κ1) is 14.0. The molecule has 0 atom stereocenters. The first-order valence-electron chi connectivity index (χ1n) is 7.31. The summed E-state index contributed by atoms with van der Waals surface area (Å²) >= 11 is 0. The van der Waals surface area contributed by atoms with Crippen LogP contribution in [0.4, 0.5) is 0 Å². The average Bonchev–Trinajstić information content (AvgIpc) is 2.87. The van der Waals surface area contributed by atoms with Crippen LogP contribution in [0, 0.1) is 5.92 Å². The molecule has 0 unspecified atom stereocenters. The number of aromatic nitrogens is 3. The lowest BCUT2D eigenvalue weighted by Gasteiger charge is -2.38. The van der Waals surface area contributed by atoms with Gasteiger partial charge in [0.05, 0.1) is 19.3 Å². The van der Waals surface area contributed by atoms with Crippen molar-refractivity contribution in [2.24, 2.45) is 5.92 Å². The van der Waals surface area contributed by atoms with Crippen LogP contribution in [0.3, 0.4) is 0 Å². The molecule has 21 heavy (non-hydrogen) atoms. The second-order valence-corrected chi connectivity index (χ2v) is 5.92. The zero-order valence-electron chi connectivity index (χ0n) is 12.4. The highest BCUT2D eigenvalue weighted by Gasteiger charge is 2.28. The van der Waals surface area contributed by atoms with Crippen molar-refractivity contribution in [3.63, 3.8) is 0 Å². The Bertz CT molecular complexity index is 655. The molecule has 1 saturated heterocycles. The maximum atomic E-state index is 11.6. The van der Waals surface area contributed by atoms with Crippen LogP contribution in [0.2, 0.25) is 0 Å². The molecule has 6 heteroatoms. The molecule has 0 amide bonds. The minimum Gasteiger partial charge on any atom is -0.444 e. The molecule has 3 rings (SSSR count). The largest absolute Gasteiger partial charge is 0.444 e. The molecule has 1 fully saturated rings. The zero-order chi connectivity index (χ0) is 14.8. The molecule has 1 aliphatic heterocycles. The maximum absolute atomic E-state index is 11.6. The molecule has 0 aromatic carbocycles.